The number of ether oxygens (including phenoxy) is 2. The van der Waals surface area contributed by atoms with Gasteiger partial charge in [0, 0.05) is 0 Å². The molecule has 18 heavy (non-hydrogen) atoms. The summed E-state index contributed by atoms with van der Waals surface area (Å²) in [7, 11) is 0. The van der Waals surface area contributed by atoms with Crippen LogP contribution in [0.25, 0.3) is 0 Å². The van der Waals surface area contributed by atoms with Crippen LogP contribution in [0, 0.1) is 0 Å². The fourth-order valence-electron chi connectivity index (χ4n) is 1.53. The van der Waals surface area contributed by atoms with Crippen LogP contribution in [-0.2, 0) is 22.1 Å². The summed E-state index contributed by atoms with van der Waals surface area (Å²) in [6.45, 7) is 0. The van der Waals surface area contributed by atoms with E-state index in [1.54, 1.807) is 0 Å². The maximum absolute atomic E-state index is 13.3. The van der Waals surface area contributed by atoms with Gasteiger partial charge in [0.1, 0.15) is 5.75 Å². The number of hydrogen-bond donors (Lipinski definition) is 1. The predicted molar refractivity (Wildman–Crippen MR) is 48.3 cm³/mol. The van der Waals surface area contributed by atoms with E-state index in [0.717, 1.165) is 18.2 Å². The molecule has 8 heteroatoms. The minimum atomic E-state index is -4.43. The largest absolute Gasteiger partial charge is 0.540 e. The molecule has 0 spiro atoms. The first kappa shape index (κ1) is 12.6. The van der Waals surface area contributed by atoms with Gasteiger partial charge < -0.3 is 9.84 Å². The Morgan fingerprint density at radius 2 is 1.94 bits per heavy atom. The van der Waals surface area contributed by atoms with E-state index in [1.807, 2.05) is 0 Å². The number of carboxylic acids is 1. The van der Waals surface area contributed by atoms with Gasteiger partial charge in [0.25, 0.3) is 0 Å². The van der Waals surface area contributed by atoms with Crippen molar-refractivity contribution in [1.29, 1.82) is 0 Å². The van der Waals surface area contributed by atoms with Crippen molar-refractivity contribution >= 4 is 5.97 Å². The third-order valence-corrected chi connectivity index (χ3v) is 2.19. The number of rotatable bonds is 2. The van der Waals surface area contributed by atoms with Gasteiger partial charge in [0.15, 0.2) is 0 Å². The van der Waals surface area contributed by atoms with Gasteiger partial charge in [-0.3, -0.25) is 4.79 Å². The Labute approximate surface area is 97.7 Å². The van der Waals surface area contributed by atoms with E-state index in [4.69, 9.17) is 5.11 Å². The van der Waals surface area contributed by atoms with Crippen LogP contribution in [0.5, 0.6) is 5.75 Å². The molecule has 1 aliphatic heterocycles. The topological polar surface area (TPSA) is 55.8 Å². The Hall–Kier alpha value is -1.83. The zero-order chi connectivity index (χ0) is 13.6. The Morgan fingerprint density at radius 3 is 2.56 bits per heavy atom. The average Bonchev–Trinajstić information content (AvgIpc) is 2.15. The van der Waals surface area contributed by atoms with Crippen molar-refractivity contribution in [2.45, 2.75) is 18.8 Å². The van der Waals surface area contributed by atoms with E-state index in [0.29, 0.717) is 0 Å². The van der Waals surface area contributed by atoms with Crippen LogP contribution in [0.3, 0.4) is 0 Å². The van der Waals surface area contributed by atoms with Crippen molar-refractivity contribution in [3.05, 3.63) is 29.3 Å². The molecule has 0 saturated carbocycles. The van der Waals surface area contributed by atoms with Crippen LogP contribution < -0.4 is 4.74 Å². The molecule has 0 saturated heterocycles. The molecule has 4 nitrogen and oxygen atoms in total. The third-order valence-electron chi connectivity index (χ3n) is 2.19. The Balaban J connectivity index is 2.43. The fraction of sp³-hybridized carbons (Fsp3) is 0.300. The standard InChI is InChI=1S/C10H6F4O4/c11-9(12)6-3-5(4-8(15)16)1-2-7(6)17-10(13,14)18-9/h1-3H,4H2,(H,15,16). The molecule has 1 N–H and O–H groups in total. The normalized spacial score (nSPS) is 19.8. The average molecular weight is 266 g/mol. The summed E-state index contributed by atoms with van der Waals surface area (Å²) in [4.78, 5) is 10.4. The van der Waals surface area contributed by atoms with Crippen molar-refractivity contribution in [1.82, 2.24) is 0 Å². The van der Waals surface area contributed by atoms with Crippen molar-refractivity contribution in [2.24, 2.45) is 0 Å². The molecule has 1 aliphatic rings. The minimum absolute atomic E-state index is 0.0262. The molecule has 1 aromatic rings. The van der Waals surface area contributed by atoms with E-state index in [2.05, 4.69) is 9.47 Å². The molecule has 1 aromatic carbocycles. The van der Waals surface area contributed by atoms with Crippen molar-refractivity contribution in [3.8, 4) is 5.75 Å². The minimum Gasteiger partial charge on any atom is -0.481 e. The van der Waals surface area contributed by atoms with Gasteiger partial charge in [-0.05, 0) is 17.7 Å². The highest BCUT2D eigenvalue weighted by Gasteiger charge is 2.54. The van der Waals surface area contributed by atoms with Crippen LogP contribution in [-0.4, -0.2) is 17.4 Å². The lowest BCUT2D eigenvalue weighted by atomic mass is 10.1. The van der Waals surface area contributed by atoms with Gasteiger partial charge in [0.05, 0.1) is 12.0 Å². The molecule has 0 fully saturated rings. The number of hydrogen-bond acceptors (Lipinski definition) is 3. The summed E-state index contributed by atoms with van der Waals surface area (Å²) in [5, 5.41) is 8.51. The number of carboxylic acid groups (broad SMARTS) is 1. The van der Waals surface area contributed by atoms with Crippen LogP contribution in [0.1, 0.15) is 11.1 Å². The van der Waals surface area contributed by atoms with Crippen molar-refractivity contribution in [2.75, 3.05) is 0 Å². The summed E-state index contributed by atoms with van der Waals surface area (Å²) in [6, 6.07) is 2.74. The fourth-order valence-corrected chi connectivity index (χ4v) is 1.53. The van der Waals surface area contributed by atoms with Crippen LogP contribution in [0.4, 0.5) is 17.6 Å². The smallest absolute Gasteiger partial charge is 0.481 e. The highest BCUT2D eigenvalue weighted by atomic mass is 19.3. The summed E-state index contributed by atoms with van der Waals surface area (Å²) >= 11 is 0. The Morgan fingerprint density at radius 1 is 1.28 bits per heavy atom. The summed E-state index contributed by atoms with van der Waals surface area (Å²) in [5.74, 6) is -1.98. The highest BCUT2D eigenvalue weighted by Crippen LogP contribution is 2.46. The summed E-state index contributed by atoms with van der Waals surface area (Å²) < 4.78 is 59.0. The second-order valence-corrected chi connectivity index (χ2v) is 3.59. The second kappa shape index (κ2) is 3.84. The molecule has 0 aromatic heterocycles. The molecule has 0 aliphatic carbocycles. The van der Waals surface area contributed by atoms with Crippen LogP contribution in [0.2, 0.25) is 0 Å². The molecule has 0 amide bonds. The predicted octanol–water partition coefficient (Wildman–Crippen LogP) is 2.32. The number of carbonyl (C=O) groups is 1. The lowest BCUT2D eigenvalue weighted by Gasteiger charge is -2.30. The van der Waals surface area contributed by atoms with Gasteiger partial charge in [-0.15, -0.1) is 8.78 Å². The summed E-state index contributed by atoms with van der Waals surface area (Å²) in [6.07, 6.45) is -9.18. The zero-order valence-electron chi connectivity index (χ0n) is 8.62. The first-order valence-corrected chi connectivity index (χ1v) is 4.70. The van der Waals surface area contributed by atoms with Gasteiger partial charge in [-0.2, -0.15) is 8.78 Å². The molecule has 0 bridgehead atoms. The van der Waals surface area contributed by atoms with Crippen molar-refractivity contribution < 1.29 is 36.9 Å². The zero-order valence-corrected chi connectivity index (χ0v) is 8.62. The number of aliphatic carboxylic acids is 1. The van der Waals surface area contributed by atoms with E-state index in [9.17, 15) is 22.4 Å². The molecule has 0 unspecified atom stereocenters. The Bertz CT molecular complexity index is 501. The molecular formula is C10H6F4O4. The van der Waals surface area contributed by atoms with Gasteiger partial charge in [-0.1, -0.05) is 6.07 Å². The second-order valence-electron chi connectivity index (χ2n) is 3.59. The number of alkyl halides is 4. The first-order chi connectivity index (χ1) is 8.20. The van der Waals surface area contributed by atoms with Crippen LogP contribution >= 0.6 is 0 Å². The monoisotopic (exact) mass is 266 g/mol. The maximum atomic E-state index is 13.3. The van der Waals surface area contributed by atoms with E-state index >= 15 is 0 Å². The van der Waals surface area contributed by atoms with Gasteiger partial charge in [0.2, 0.25) is 0 Å². The molecule has 0 radical (unpaired) electrons. The number of benzene rings is 1. The van der Waals surface area contributed by atoms with E-state index < -0.39 is 36.1 Å². The molecule has 1 heterocycles. The van der Waals surface area contributed by atoms with Crippen molar-refractivity contribution in [3.63, 3.8) is 0 Å². The molecule has 98 valence electrons. The maximum Gasteiger partial charge on any atom is 0.540 e. The van der Waals surface area contributed by atoms with E-state index in [-0.39, 0.29) is 5.56 Å². The molecule has 2 rings (SSSR count). The quantitative estimate of drug-likeness (QED) is 0.834. The third kappa shape index (κ3) is 2.37. The lowest BCUT2D eigenvalue weighted by Crippen LogP contribution is -2.41. The van der Waals surface area contributed by atoms with Gasteiger partial charge >= 0.3 is 18.4 Å². The highest BCUT2D eigenvalue weighted by molar-refractivity contribution is 5.70. The molecular weight excluding hydrogens is 260 g/mol. The SMILES string of the molecule is O=C(O)Cc1ccc2c(c1)C(F)(F)OC(F)(F)O2. The lowest BCUT2D eigenvalue weighted by molar-refractivity contribution is -0.461. The summed E-state index contributed by atoms with van der Waals surface area (Å²) in [5.41, 5.74) is -0.898. The van der Waals surface area contributed by atoms with Gasteiger partial charge in [-0.25, -0.2) is 4.74 Å². The first-order valence-electron chi connectivity index (χ1n) is 4.70. The van der Waals surface area contributed by atoms with Crippen LogP contribution in [0.15, 0.2) is 18.2 Å². The number of halogens is 4. The van der Waals surface area contributed by atoms with E-state index in [1.165, 1.54) is 0 Å². The molecule has 0 atom stereocenters. The number of fused-ring (bicyclic) bond motifs is 1. The Kier molecular flexibility index (Phi) is 2.69.